The van der Waals surface area contributed by atoms with Crippen LogP contribution in [-0.4, -0.2) is 26.2 Å². The van der Waals surface area contributed by atoms with E-state index < -0.39 is 0 Å². The van der Waals surface area contributed by atoms with E-state index >= 15 is 0 Å². The summed E-state index contributed by atoms with van der Waals surface area (Å²) in [6.45, 7) is 2.43. The molecule has 88 valence electrons. The second-order valence-corrected chi connectivity index (χ2v) is 3.15. The number of hydrogen-bond acceptors (Lipinski definition) is 4. The Labute approximate surface area is 94.5 Å². The molecule has 0 saturated carbocycles. The number of nitrogens with two attached hydrogens (primary N) is 1. The summed E-state index contributed by atoms with van der Waals surface area (Å²) >= 11 is 0. The van der Waals surface area contributed by atoms with Crippen LogP contribution >= 0.6 is 0 Å². The zero-order valence-corrected chi connectivity index (χ0v) is 9.45. The highest BCUT2D eigenvalue weighted by Crippen LogP contribution is 2.25. The highest BCUT2D eigenvalue weighted by Gasteiger charge is 2.04. The van der Waals surface area contributed by atoms with Gasteiger partial charge in [0.15, 0.2) is 6.61 Å². The van der Waals surface area contributed by atoms with Gasteiger partial charge in [-0.1, -0.05) is 0 Å². The molecule has 1 rings (SSSR count). The summed E-state index contributed by atoms with van der Waals surface area (Å²) in [4.78, 5) is 11.1. The molecule has 0 saturated heterocycles. The molecule has 0 aromatic heterocycles. The number of nitrogens with one attached hydrogen (secondary N) is 1. The number of methoxy groups -OCH3 is 1. The topological polar surface area (TPSA) is 73.6 Å². The van der Waals surface area contributed by atoms with Crippen molar-refractivity contribution in [2.24, 2.45) is 0 Å². The van der Waals surface area contributed by atoms with Crippen LogP contribution < -0.4 is 20.5 Å². The SMILES string of the molecule is CCNC(=O)COc1ccc(OC)c(N)c1. The lowest BCUT2D eigenvalue weighted by Gasteiger charge is -2.08. The van der Waals surface area contributed by atoms with Gasteiger partial charge in [0.1, 0.15) is 11.5 Å². The predicted octanol–water partition coefficient (Wildman–Crippen LogP) is 0.792. The third-order valence-corrected chi connectivity index (χ3v) is 1.95. The molecule has 0 aliphatic carbocycles. The van der Waals surface area contributed by atoms with Gasteiger partial charge in [-0.25, -0.2) is 0 Å². The Morgan fingerprint density at radius 3 is 2.81 bits per heavy atom. The van der Waals surface area contributed by atoms with Crippen molar-refractivity contribution in [3.8, 4) is 11.5 Å². The largest absolute Gasteiger partial charge is 0.495 e. The maximum absolute atomic E-state index is 11.1. The lowest BCUT2D eigenvalue weighted by Crippen LogP contribution is -2.28. The van der Waals surface area contributed by atoms with Gasteiger partial charge in [-0.3, -0.25) is 4.79 Å². The van der Waals surface area contributed by atoms with Crippen molar-refractivity contribution in [1.82, 2.24) is 5.32 Å². The average molecular weight is 224 g/mol. The molecule has 0 bridgehead atoms. The van der Waals surface area contributed by atoms with Crippen LogP contribution in [-0.2, 0) is 4.79 Å². The molecule has 0 aliphatic rings. The maximum Gasteiger partial charge on any atom is 0.257 e. The standard InChI is InChI=1S/C11H16N2O3/c1-3-13-11(14)7-16-8-4-5-10(15-2)9(12)6-8/h4-6H,3,7,12H2,1-2H3,(H,13,14). The number of benzene rings is 1. The van der Waals surface area contributed by atoms with Crippen molar-refractivity contribution in [3.05, 3.63) is 18.2 Å². The van der Waals surface area contributed by atoms with Crippen molar-refractivity contribution in [1.29, 1.82) is 0 Å². The van der Waals surface area contributed by atoms with E-state index in [4.69, 9.17) is 15.2 Å². The summed E-state index contributed by atoms with van der Waals surface area (Å²) in [6.07, 6.45) is 0. The van der Waals surface area contributed by atoms with Crippen LogP contribution in [0.1, 0.15) is 6.92 Å². The van der Waals surface area contributed by atoms with Gasteiger partial charge in [-0.2, -0.15) is 0 Å². The van der Waals surface area contributed by atoms with Gasteiger partial charge in [-0.05, 0) is 19.1 Å². The molecule has 0 atom stereocenters. The van der Waals surface area contributed by atoms with E-state index in [1.54, 1.807) is 25.3 Å². The van der Waals surface area contributed by atoms with Crippen molar-refractivity contribution < 1.29 is 14.3 Å². The molecule has 1 amide bonds. The molecule has 5 heteroatoms. The summed E-state index contributed by atoms with van der Waals surface area (Å²) < 4.78 is 10.3. The predicted molar refractivity (Wildman–Crippen MR) is 61.6 cm³/mol. The first-order chi connectivity index (χ1) is 7.67. The second kappa shape index (κ2) is 5.85. The van der Waals surface area contributed by atoms with Crippen LogP contribution in [0.15, 0.2) is 18.2 Å². The van der Waals surface area contributed by atoms with Crippen LogP contribution in [0.3, 0.4) is 0 Å². The van der Waals surface area contributed by atoms with Crippen molar-refractivity contribution in [2.45, 2.75) is 6.92 Å². The monoisotopic (exact) mass is 224 g/mol. The number of likely N-dealkylation sites (N-methyl/N-ethyl adjacent to an activating group) is 1. The zero-order valence-electron chi connectivity index (χ0n) is 9.45. The molecule has 3 N–H and O–H groups in total. The fourth-order valence-electron chi connectivity index (χ4n) is 1.20. The Balaban J connectivity index is 2.55. The highest BCUT2D eigenvalue weighted by molar-refractivity contribution is 5.77. The van der Waals surface area contributed by atoms with E-state index in [9.17, 15) is 4.79 Å². The molecule has 16 heavy (non-hydrogen) atoms. The van der Waals surface area contributed by atoms with Crippen LogP contribution in [0.4, 0.5) is 5.69 Å². The molecule has 1 aromatic carbocycles. The molecular weight excluding hydrogens is 208 g/mol. The molecule has 0 spiro atoms. The Bertz CT molecular complexity index is 366. The normalized spacial score (nSPS) is 9.62. The smallest absolute Gasteiger partial charge is 0.257 e. The Morgan fingerprint density at radius 1 is 1.50 bits per heavy atom. The van der Waals surface area contributed by atoms with E-state index in [0.717, 1.165) is 0 Å². The number of carbonyl (C=O) groups excluding carboxylic acids is 1. The Hall–Kier alpha value is -1.91. The lowest BCUT2D eigenvalue weighted by atomic mass is 10.3. The molecule has 0 aliphatic heterocycles. The van der Waals surface area contributed by atoms with E-state index in [0.29, 0.717) is 23.7 Å². The molecule has 5 nitrogen and oxygen atoms in total. The fourth-order valence-corrected chi connectivity index (χ4v) is 1.20. The number of amides is 1. The van der Waals surface area contributed by atoms with Gasteiger partial charge in [0.2, 0.25) is 0 Å². The van der Waals surface area contributed by atoms with Gasteiger partial charge in [0.05, 0.1) is 12.8 Å². The number of anilines is 1. The van der Waals surface area contributed by atoms with E-state index in [1.807, 2.05) is 6.92 Å². The summed E-state index contributed by atoms with van der Waals surface area (Å²) in [6, 6.07) is 5.02. The minimum absolute atomic E-state index is 0.0143. The van der Waals surface area contributed by atoms with Crippen LogP contribution in [0, 0.1) is 0 Å². The number of ether oxygens (including phenoxy) is 2. The van der Waals surface area contributed by atoms with Gasteiger partial charge in [0, 0.05) is 12.6 Å². The molecule has 0 fully saturated rings. The second-order valence-electron chi connectivity index (χ2n) is 3.15. The first kappa shape index (κ1) is 12.2. The molecule has 0 unspecified atom stereocenters. The van der Waals surface area contributed by atoms with Gasteiger partial charge in [-0.15, -0.1) is 0 Å². The minimum atomic E-state index is -0.156. The van der Waals surface area contributed by atoms with Gasteiger partial charge >= 0.3 is 0 Å². The highest BCUT2D eigenvalue weighted by atomic mass is 16.5. The van der Waals surface area contributed by atoms with Crippen molar-refractivity contribution in [3.63, 3.8) is 0 Å². The summed E-state index contributed by atoms with van der Waals surface area (Å²) in [5, 5.41) is 2.63. The van der Waals surface area contributed by atoms with E-state index in [-0.39, 0.29) is 12.5 Å². The first-order valence-electron chi connectivity index (χ1n) is 5.00. The van der Waals surface area contributed by atoms with Gasteiger partial charge < -0.3 is 20.5 Å². The molecule has 0 radical (unpaired) electrons. The lowest BCUT2D eigenvalue weighted by molar-refractivity contribution is -0.122. The minimum Gasteiger partial charge on any atom is -0.495 e. The Morgan fingerprint density at radius 2 is 2.25 bits per heavy atom. The number of hydrogen-bond donors (Lipinski definition) is 2. The summed E-state index contributed by atoms with van der Waals surface area (Å²) in [7, 11) is 1.54. The number of nitrogen functional groups attached to an aromatic ring is 1. The van der Waals surface area contributed by atoms with E-state index in [1.165, 1.54) is 0 Å². The molecule has 1 aromatic rings. The molecular formula is C11H16N2O3. The third kappa shape index (κ3) is 3.34. The third-order valence-electron chi connectivity index (χ3n) is 1.95. The molecule has 0 heterocycles. The fraction of sp³-hybridized carbons (Fsp3) is 0.364. The zero-order chi connectivity index (χ0) is 12.0. The van der Waals surface area contributed by atoms with Crippen LogP contribution in [0.5, 0.6) is 11.5 Å². The maximum atomic E-state index is 11.1. The summed E-state index contributed by atoms with van der Waals surface area (Å²) in [5.74, 6) is 0.979. The van der Waals surface area contributed by atoms with Crippen LogP contribution in [0.2, 0.25) is 0 Å². The van der Waals surface area contributed by atoms with Gasteiger partial charge in [0.25, 0.3) is 5.91 Å². The van der Waals surface area contributed by atoms with Crippen molar-refractivity contribution >= 4 is 11.6 Å². The average Bonchev–Trinajstić information content (AvgIpc) is 2.27. The number of rotatable bonds is 5. The van der Waals surface area contributed by atoms with Crippen molar-refractivity contribution in [2.75, 3.05) is 26.0 Å². The quantitative estimate of drug-likeness (QED) is 0.725. The Kier molecular flexibility index (Phi) is 4.44. The van der Waals surface area contributed by atoms with Crippen LogP contribution in [0.25, 0.3) is 0 Å². The summed E-state index contributed by atoms with van der Waals surface area (Å²) in [5.41, 5.74) is 6.17. The first-order valence-corrected chi connectivity index (χ1v) is 5.00. The van der Waals surface area contributed by atoms with E-state index in [2.05, 4.69) is 5.32 Å². The number of carbonyl (C=O) groups is 1.